The minimum Gasteiger partial charge on any atom is -0.379 e. The van der Waals surface area contributed by atoms with Gasteiger partial charge in [-0.25, -0.2) is 0 Å². The minimum absolute atomic E-state index is 0.0128. The van der Waals surface area contributed by atoms with Crippen LogP contribution in [0.4, 0.5) is 0 Å². The Labute approximate surface area is 185 Å². The molecule has 1 amide bonds. The summed E-state index contributed by atoms with van der Waals surface area (Å²) in [7, 11) is 1.75. The van der Waals surface area contributed by atoms with Gasteiger partial charge in [-0.3, -0.25) is 14.5 Å². The van der Waals surface area contributed by atoms with Crippen molar-refractivity contribution in [2.45, 2.75) is 25.8 Å². The first-order valence-corrected chi connectivity index (χ1v) is 11.0. The first-order chi connectivity index (χ1) is 15.1. The van der Waals surface area contributed by atoms with E-state index in [0.29, 0.717) is 13.0 Å². The van der Waals surface area contributed by atoms with E-state index in [2.05, 4.69) is 11.0 Å². The molecular formula is C25H33N3O3. The minimum atomic E-state index is -0.0850. The monoisotopic (exact) mass is 423 g/mol. The maximum absolute atomic E-state index is 12.5. The smallest absolute Gasteiger partial charge is 0.236 e. The lowest BCUT2D eigenvalue weighted by atomic mass is 9.99. The molecule has 0 atom stereocenters. The number of benzene rings is 2. The first kappa shape index (κ1) is 23.1. The maximum atomic E-state index is 12.5. The van der Waals surface area contributed by atoms with E-state index in [9.17, 15) is 9.59 Å². The number of unbranched alkanes of at least 4 members (excludes halogenated alkanes) is 1. The fourth-order valence-electron chi connectivity index (χ4n) is 3.81. The molecule has 1 heterocycles. The summed E-state index contributed by atoms with van der Waals surface area (Å²) in [5.74, 6) is 0.113. The van der Waals surface area contributed by atoms with Gasteiger partial charge in [0.25, 0.3) is 0 Å². The van der Waals surface area contributed by atoms with Gasteiger partial charge in [0, 0.05) is 38.7 Å². The molecule has 0 spiro atoms. The number of ether oxygens (including phenoxy) is 1. The van der Waals surface area contributed by atoms with Crippen LogP contribution in [0.3, 0.4) is 0 Å². The number of hydrogen-bond donors (Lipinski definition) is 1. The topological polar surface area (TPSA) is 75.9 Å². The van der Waals surface area contributed by atoms with Crippen LogP contribution >= 0.6 is 0 Å². The van der Waals surface area contributed by atoms with E-state index in [0.717, 1.165) is 67.9 Å². The third kappa shape index (κ3) is 6.99. The number of Topliss-reactive ketones (excluding diaryl/α,β-unsaturated/α-hetero) is 1. The predicted octanol–water partition coefficient (Wildman–Crippen LogP) is 2.96. The van der Waals surface area contributed by atoms with Crippen molar-refractivity contribution in [3.05, 3.63) is 59.7 Å². The molecule has 166 valence electrons. The van der Waals surface area contributed by atoms with E-state index < -0.39 is 0 Å². The number of carbonyl (C=O) groups is 2. The largest absolute Gasteiger partial charge is 0.379 e. The number of morpholine rings is 1. The van der Waals surface area contributed by atoms with Crippen molar-refractivity contribution in [2.24, 2.45) is 5.73 Å². The molecule has 1 saturated heterocycles. The number of nitrogens with two attached hydrogens (primary N) is 1. The molecule has 3 rings (SSSR count). The van der Waals surface area contributed by atoms with Crippen molar-refractivity contribution in [3.63, 3.8) is 0 Å². The summed E-state index contributed by atoms with van der Waals surface area (Å²) in [6.07, 6.45) is 2.54. The van der Waals surface area contributed by atoms with Crippen LogP contribution in [0.5, 0.6) is 0 Å². The van der Waals surface area contributed by atoms with Crippen molar-refractivity contribution in [2.75, 3.05) is 46.4 Å². The Bertz CT molecular complexity index is 861. The molecule has 0 saturated carbocycles. The van der Waals surface area contributed by atoms with Crippen molar-refractivity contribution in [1.29, 1.82) is 0 Å². The predicted molar refractivity (Wildman–Crippen MR) is 123 cm³/mol. The second-order valence-electron chi connectivity index (χ2n) is 8.07. The Morgan fingerprint density at radius 1 is 1.03 bits per heavy atom. The summed E-state index contributed by atoms with van der Waals surface area (Å²) in [4.78, 5) is 28.3. The Morgan fingerprint density at radius 3 is 2.48 bits per heavy atom. The molecule has 2 N–H and O–H groups in total. The van der Waals surface area contributed by atoms with Crippen LogP contribution in [0.15, 0.2) is 48.5 Å². The molecule has 1 aliphatic rings. The zero-order valence-electron chi connectivity index (χ0n) is 18.4. The van der Waals surface area contributed by atoms with Crippen molar-refractivity contribution < 1.29 is 14.3 Å². The van der Waals surface area contributed by atoms with Gasteiger partial charge in [0.2, 0.25) is 5.91 Å². The standard InChI is InChI=1S/C25H33N3O3/c1-27(25(30)18-26)19-20-5-4-6-23(17-20)21-8-10-22(11-9-21)24(29)7-2-3-12-28-13-15-31-16-14-28/h4-6,8-11,17H,2-3,7,12-16,18-19,26H2,1H3. The zero-order chi connectivity index (χ0) is 22.1. The van der Waals surface area contributed by atoms with E-state index >= 15 is 0 Å². The lowest BCUT2D eigenvalue weighted by Crippen LogP contribution is -2.36. The molecule has 6 heteroatoms. The van der Waals surface area contributed by atoms with Crippen molar-refractivity contribution >= 4 is 11.7 Å². The molecule has 1 fully saturated rings. The van der Waals surface area contributed by atoms with E-state index in [4.69, 9.17) is 10.5 Å². The molecule has 0 unspecified atom stereocenters. The third-order valence-corrected chi connectivity index (χ3v) is 5.72. The quantitative estimate of drug-likeness (QED) is 0.470. The van der Waals surface area contributed by atoms with Gasteiger partial charge in [0.15, 0.2) is 5.78 Å². The Kier molecular flexibility index (Phi) is 8.76. The van der Waals surface area contributed by atoms with E-state index in [-0.39, 0.29) is 18.2 Å². The van der Waals surface area contributed by atoms with Gasteiger partial charge in [0.1, 0.15) is 0 Å². The summed E-state index contributed by atoms with van der Waals surface area (Å²) < 4.78 is 5.37. The number of amides is 1. The SMILES string of the molecule is CN(Cc1cccc(-c2ccc(C(=O)CCCCN3CCOCC3)cc2)c1)C(=O)CN. The summed E-state index contributed by atoms with van der Waals surface area (Å²) in [5, 5.41) is 0. The highest BCUT2D eigenvalue weighted by Gasteiger charge is 2.11. The number of rotatable bonds is 10. The highest BCUT2D eigenvalue weighted by atomic mass is 16.5. The van der Waals surface area contributed by atoms with Gasteiger partial charge < -0.3 is 15.4 Å². The fraction of sp³-hybridized carbons (Fsp3) is 0.440. The number of nitrogens with zero attached hydrogens (tertiary/aromatic N) is 2. The number of ketones is 1. The Morgan fingerprint density at radius 2 is 1.77 bits per heavy atom. The first-order valence-electron chi connectivity index (χ1n) is 11.0. The van der Waals surface area contributed by atoms with Gasteiger partial charge in [-0.05, 0) is 42.1 Å². The number of hydrogen-bond acceptors (Lipinski definition) is 5. The van der Waals surface area contributed by atoms with Gasteiger partial charge in [0.05, 0.1) is 19.8 Å². The van der Waals surface area contributed by atoms with Crippen LogP contribution in [0, 0.1) is 0 Å². The molecule has 0 aliphatic carbocycles. The summed E-state index contributed by atoms with van der Waals surface area (Å²) >= 11 is 0. The third-order valence-electron chi connectivity index (χ3n) is 5.72. The molecule has 0 radical (unpaired) electrons. The Hall–Kier alpha value is -2.54. The second-order valence-corrected chi connectivity index (χ2v) is 8.07. The molecule has 1 aliphatic heterocycles. The van der Waals surface area contributed by atoms with Gasteiger partial charge >= 0.3 is 0 Å². The van der Waals surface area contributed by atoms with Crippen molar-refractivity contribution in [1.82, 2.24) is 9.80 Å². The molecule has 0 aromatic heterocycles. The normalized spacial score (nSPS) is 14.4. The summed E-state index contributed by atoms with van der Waals surface area (Å²) in [6.45, 7) is 5.20. The molecule has 2 aromatic rings. The van der Waals surface area contributed by atoms with Crippen LogP contribution in [-0.4, -0.2) is 67.9 Å². The van der Waals surface area contributed by atoms with Crippen LogP contribution < -0.4 is 5.73 Å². The van der Waals surface area contributed by atoms with Gasteiger partial charge in [-0.15, -0.1) is 0 Å². The van der Waals surface area contributed by atoms with E-state index in [1.54, 1.807) is 11.9 Å². The Balaban J connectivity index is 1.51. The lowest BCUT2D eigenvalue weighted by molar-refractivity contribution is -0.128. The van der Waals surface area contributed by atoms with Crippen LogP contribution in [0.1, 0.15) is 35.2 Å². The number of likely N-dealkylation sites (N-methyl/N-ethyl adjacent to an activating group) is 1. The molecule has 2 aromatic carbocycles. The summed E-state index contributed by atoms with van der Waals surface area (Å²) in [6, 6.07) is 15.9. The summed E-state index contributed by atoms with van der Waals surface area (Å²) in [5.41, 5.74) is 9.36. The molecular weight excluding hydrogens is 390 g/mol. The average Bonchev–Trinajstić information content (AvgIpc) is 2.82. The molecule has 0 bridgehead atoms. The highest BCUT2D eigenvalue weighted by Crippen LogP contribution is 2.22. The highest BCUT2D eigenvalue weighted by molar-refractivity contribution is 5.96. The van der Waals surface area contributed by atoms with Gasteiger partial charge in [-0.1, -0.05) is 42.5 Å². The van der Waals surface area contributed by atoms with Crippen LogP contribution in [0.25, 0.3) is 11.1 Å². The van der Waals surface area contributed by atoms with Crippen molar-refractivity contribution in [3.8, 4) is 11.1 Å². The maximum Gasteiger partial charge on any atom is 0.236 e. The van der Waals surface area contributed by atoms with Crippen LogP contribution in [0.2, 0.25) is 0 Å². The zero-order valence-corrected chi connectivity index (χ0v) is 18.4. The molecule has 31 heavy (non-hydrogen) atoms. The van der Waals surface area contributed by atoms with Crippen LogP contribution in [-0.2, 0) is 16.1 Å². The average molecular weight is 424 g/mol. The molecule has 6 nitrogen and oxygen atoms in total. The lowest BCUT2D eigenvalue weighted by Gasteiger charge is -2.26. The second kappa shape index (κ2) is 11.7. The van der Waals surface area contributed by atoms with E-state index in [1.807, 2.05) is 42.5 Å². The number of carbonyl (C=O) groups excluding carboxylic acids is 2. The van der Waals surface area contributed by atoms with Gasteiger partial charge in [-0.2, -0.15) is 0 Å². The fourth-order valence-corrected chi connectivity index (χ4v) is 3.81. The van der Waals surface area contributed by atoms with E-state index in [1.165, 1.54) is 0 Å².